The molecule has 0 heterocycles. The van der Waals surface area contributed by atoms with Crippen LogP contribution in [0.25, 0.3) is 0 Å². The molecular weight excluding hydrogens is 233 g/mol. The summed E-state index contributed by atoms with van der Waals surface area (Å²) in [6.07, 6.45) is 0.562. The topological polar surface area (TPSA) is 101 Å². The smallest absolute Gasteiger partial charge is 0.283 e. The summed E-state index contributed by atoms with van der Waals surface area (Å²) in [5.41, 5.74) is 11.2. The minimum Gasteiger partial charge on any atom is -0.368 e. The molecule has 1 aliphatic rings. The summed E-state index contributed by atoms with van der Waals surface area (Å²) in [5, 5.41) is 9.10. The molecule has 0 bridgehead atoms. The Morgan fingerprint density at radius 3 is 2.67 bits per heavy atom. The molecule has 6 heteroatoms. The van der Waals surface area contributed by atoms with Crippen LogP contribution in [0.15, 0.2) is 34.3 Å². The number of aliphatic imine (C=N–C) groups is 2. The van der Waals surface area contributed by atoms with E-state index < -0.39 is 6.09 Å². The van der Waals surface area contributed by atoms with Gasteiger partial charge in [-0.2, -0.15) is 14.6 Å². The van der Waals surface area contributed by atoms with Crippen LogP contribution < -0.4 is 11.5 Å². The summed E-state index contributed by atoms with van der Waals surface area (Å²) in [4.78, 5) is 7.10. The van der Waals surface area contributed by atoms with Gasteiger partial charge in [-0.25, -0.2) is 4.99 Å². The molecule has 1 fully saturated rings. The second kappa shape index (κ2) is 4.45. The van der Waals surface area contributed by atoms with Gasteiger partial charge in [-0.05, 0) is 30.5 Å². The van der Waals surface area contributed by atoms with Gasteiger partial charge in [0.05, 0.1) is 17.2 Å². The quantitative estimate of drug-likeness (QED) is 0.468. The van der Waals surface area contributed by atoms with Crippen LogP contribution in [0, 0.1) is 11.3 Å². The van der Waals surface area contributed by atoms with Crippen molar-refractivity contribution in [3.63, 3.8) is 0 Å². The maximum Gasteiger partial charge on any atom is 0.283 e. The molecule has 1 aromatic carbocycles. The van der Waals surface area contributed by atoms with Gasteiger partial charge in [-0.3, -0.25) is 0 Å². The number of amidine groups is 1. The van der Waals surface area contributed by atoms with E-state index in [1.54, 1.807) is 18.2 Å². The number of nitrogens with two attached hydrogens (primary N) is 2. The van der Waals surface area contributed by atoms with Crippen LogP contribution in [-0.4, -0.2) is 12.0 Å². The van der Waals surface area contributed by atoms with Gasteiger partial charge in [0, 0.05) is 0 Å². The molecule has 5 nitrogen and oxygen atoms in total. The Morgan fingerprint density at radius 2 is 2.11 bits per heavy atom. The van der Waals surface area contributed by atoms with Crippen LogP contribution in [0.3, 0.4) is 0 Å². The molecule has 0 spiro atoms. The molecule has 0 aliphatic heterocycles. The van der Waals surface area contributed by atoms with Crippen molar-refractivity contribution in [1.82, 2.24) is 0 Å². The standard InChI is InChI=1S/C12H12FN5/c13-10(15)18-11(16)17-9-3-1-2-8(6-9)12(7-14)4-5-12/h1-3,6H,4-5H2,(H4,15,16,17,18). The normalized spacial score (nSPS) is 18.2. The zero-order chi connectivity index (χ0) is 13.2. The summed E-state index contributed by atoms with van der Waals surface area (Å²) in [6, 6.07) is 9.41. The number of halogens is 1. The summed E-state index contributed by atoms with van der Waals surface area (Å²) < 4.78 is 12.3. The van der Waals surface area contributed by atoms with Gasteiger partial charge in [-0.1, -0.05) is 12.1 Å². The molecule has 0 radical (unpaired) electrons. The highest BCUT2D eigenvalue weighted by Gasteiger charge is 2.44. The minimum absolute atomic E-state index is 0.256. The molecule has 1 aliphatic carbocycles. The molecular formula is C12H12FN5. The number of rotatable bonds is 2. The van der Waals surface area contributed by atoms with Crippen molar-refractivity contribution < 1.29 is 4.39 Å². The molecule has 92 valence electrons. The monoisotopic (exact) mass is 245 g/mol. The van der Waals surface area contributed by atoms with Crippen molar-refractivity contribution in [3.05, 3.63) is 29.8 Å². The first-order valence-corrected chi connectivity index (χ1v) is 5.41. The third kappa shape index (κ3) is 2.46. The van der Waals surface area contributed by atoms with Crippen molar-refractivity contribution in [1.29, 1.82) is 5.26 Å². The van der Waals surface area contributed by atoms with Crippen LogP contribution in [-0.2, 0) is 5.41 Å². The zero-order valence-electron chi connectivity index (χ0n) is 9.60. The average Bonchev–Trinajstić information content (AvgIpc) is 3.09. The number of benzene rings is 1. The third-order valence-electron chi connectivity index (χ3n) is 2.83. The van der Waals surface area contributed by atoms with Crippen LogP contribution in [0.5, 0.6) is 0 Å². The molecule has 2 rings (SSSR count). The average molecular weight is 245 g/mol. The van der Waals surface area contributed by atoms with Gasteiger partial charge >= 0.3 is 0 Å². The Morgan fingerprint density at radius 1 is 1.39 bits per heavy atom. The number of guanidine groups is 1. The molecule has 1 aromatic rings. The molecule has 18 heavy (non-hydrogen) atoms. The van der Waals surface area contributed by atoms with Gasteiger partial charge in [0.15, 0.2) is 0 Å². The molecule has 1 saturated carbocycles. The SMILES string of the molecule is N#CC1(c2cccc(N=C(N)N=C(N)F)c2)CC1. The van der Waals surface area contributed by atoms with E-state index in [-0.39, 0.29) is 11.4 Å². The van der Waals surface area contributed by atoms with Gasteiger partial charge in [0.25, 0.3) is 6.09 Å². The lowest BCUT2D eigenvalue weighted by molar-refractivity contribution is 0.792. The Kier molecular flexibility index (Phi) is 2.98. The molecule has 0 atom stereocenters. The van der Waals surface area contributed by atoms with Crippen LogP contribution in [0.2, 0.25) is 0 Å². The van der Waals surface area contributed by atoms with Gasteiger partial charge in [0.2, 0.25) is 5.96 Å². The lowest BCUT2D eigenvalue weighted by atomic mass is 9.97. The van der Waals surface area contributed by atoms with Crippen LogP contribution >= 0.6 is 0 Å². The van der Waals surface area contributed by atoms with E-state index in [4.69, 9.17) is 16.7 Å². The predicted octanol–water partition coefficient (Wildman–Crippen LogP) is 1.47. The fourth-order valence-corrected chi connectivity index (χ4v) is 1.73. The maximum atomic E-state index is 12.3. The van der Waals surface area contributed by atoms with Gasteiger partial charge in [-0.15, -0.1) is 0 Å². The molecule has 0 aromatic heterocycles. The van der Waals surface area contributed by atoms with Crippen molar-refractivity contribution in [3.8, 4) is 6.07 Å². The van der Waals surface area contributed by atoms with Gasteiger partial charge < -0.3 is 11.5 Å². The number of hydrogen-bond donors (Lipinski definition) is 2. The fourth-order valence-electron chi connectivity index (χ4n) is 1.73. The Balaban J connectivity index is 2.29. The third-order valence-corrected chi connectivity index (χ3v) is 2.83. The first-order valence-electron chi connectivity index (χ1n) is 5.41. The van der Waals surface area contributed by atoms with E-state index in [9.17, 15) is 4.39 Å². The van der Waals surface area contributed by atoms with E-state index in [0.29, 0.717) is 5.69 Å². The van der Waals surface area contributed by atoms with Crippen molar-refractivity contribution in [2.45, 2.75) is 18.3 Å². The molecule has 0 amide bonds. The summed E-state index contributed by atoms with van der Waals surface area (Å²) in [5.74, 6) is -0.256. The second-order valence-electron chi connectivity index (χ2n) is 4.15. The molecule has 0 saturated heterocycles. The lowest BCUT2D eigenvalue weighted by Crippen LogP contribution is -2.14. The van der Waals surface area contributed by atoms with Gasteiger partial charge in [0.1, 0.15) is 0 Å². The lowest BCUT2D eigenvalue weighted by Gasteiger charge is -2.06. The highest BCUT2D eigenvalue weighted by molar-refractivity contribution is 5.91. The highest BCUT2D eigenvalue weighted by atomic mass is 19.1. The zero-order valence-corrected chi connectivity index (χ0v) is 9.60. The van der Waals surface area contributed by atoms with Crippen molar-refractivity contribution in [2.24, 2.45) is 21.5 Å². The summed E-state index contributed by atoms with van der Waals surface area (Å²) in [6.45, 7) is 0. The van der Waals surface area contributed by atoms with Crippen LogP contribution in [0.4, 0.5) is 10.1 Å². The second-order valence-corrected chi connectivity index (χ2v) is 4.15. The molecule has 4 N–H and O–H groups in total. The van der Waals surface area contributed by atoms with Crippen molar-refractivity contribution in [2.75, 3.05) is 0 Å². The molecule has 0 unspecified atom stereocenters. The first-order chi connectivity index (χ1) is 8.55. The largest absolute Gasteiger partial charge is 0.368 e. The summed E-state index contributed by atoms with van der Waals surface area (Å²) >= 11 is 0. The Hall–Kier alpha value is -2.42. The van der Waals surface area contributed by atoms with Crippen LogP contribution in [0.1, 0.15) is 18.4 Å². The Bertz CT molecular complexity index is 562. The summed E-state index contributed by atoms with van der Waals surface area (Å²) in [7, 11) is 0. The number of nitrogens with zero attached hydrogens (tertiary/aromatic N) is 3. The van der Waals surface area contributed by atoms with E-state index >= 15 is 0 Å². The maximum absolute atomic E-state index is 12.3. The van der Waals surface area contributed by atoms with E-state index in [2.05, 4.69) is 16.1 Å². The highest BCUT2D eigenvalue weighted by Crippen LogP contribution is 2.48. The Labute approximate surface area is 104 Å². The van der Waals surface area contributed by atoms with E-state index in [1.165, 1.54) is 0 Å². The van der Waals surface area contributed by atoms with E-state index in [1.807, 2.05) is 6.07 Å². The number of hydrogen-bond acceptors (Lipinski definition) is 2. The first kappa shape index (κ1) is 12.0. The number of nitriles is 1. The minimum atomic E-state index is -1.14. The van der Waals surface area contributed by atoms with E-state index in [0.717, 1.165) is 18.4 Å². The predicted molar refractivity (Wildman–Crippen MR) is 67.0 cm³/mol. The van der Waals surface area contributed by atoms with Crippen molar-refractivity contribution >= 4 is 17.7 Å². The fraction of sp³-hybridized carbons (Fsp3) is 0.250.